The second-order valence-electron chi connectivity index (χ2n) is 2.88. The zero-order valence-electron chi connectivity index (χ0n) is 8.25. The smallest absolute Gasteiger partial charge is 0.281 e. The van der Waals surface area contributed by atoms with E-state index in [-0.39, 0.29) is 16.9 Å². The second kappa shape index (κ2) is 4.20. The molecule has 2 N–H and O–H groups in total. The Kier molecular flexibility index (Phi) is 3.18. The molecule has 1 aromatic heterocycles. The standard InChI is InChI=1S/C9H10F2N2O2/c1-4-5(15-2)3-13-7(8(10)11)6(4)9(12)14/h3,8H,1-2H3,(H2,12,14). The summed E-state index contributed by atoms with van der Waals surface area (Å²) < 4.78 is 29.8. The van der Waals surface area contributed by atoms with Crippen LogP contribution >= 0.6 is 0 Å². The third-order valence-electron chi connectivity index (χ3n) is 1.99. The van der Waals surface area contributed by atoms with Gasteiger partial charge in [0.2, 0.25) is 0 Å². The minimum Gasteiger partial charge on any atom is -0.495 e. The number of ether oxygens (including phenoxy) is 1. The van der Waals surface area contributed by atoms with E-state index < -0.39 is 18.0 Å². The number of primary amides is 1. The van der Waals surface area contributed by atoms with Gasteiger partial charge in [-0.1, -0.05) is 0 Å². The number of carbonyl (C=O) groups is 1. The van der Waals surface area contributed by atoms with Crippen LogP contribution in [0.3, 0.4) is 0 Å². The Morgan fingerprint density at radius 3 is 2.60 bits per heavy atom. The Morgan fingerprint density at radius 2 is 2.20 bits per heavy atom. The molecule has 0 atom stereocenters. The number of amides is 1. The van der Waals surface area contributed by atoms with Gasteiger partial charge in [0.15, 0.2) is 0 Å². The van der Waals surface area contributed by atoms with Crippen molar-refractivity contribution >= 4 is 5.91 Å². The number of halogens is 2. The minimum absolute atomic E-state index is 0.258. The van der Waals surface area contributed by atoms with Gasteiger partial charge in [0.1, 0.15) is 11.4 Å². The molecule has 0 aromatic carbocycles. The molecule has 1 amide bonds. The van der Waals surface area contributed by atoms with Crippen LogP contribution in [0.4, 0.5) is 8.78 Å². The summed E-state index contributed by atoms with van der Waals surface area (Å²) in [4.78, 5) is 14.5. The van der Waals surface area contributed by atoms with Crippen LogP contribution in [0.1, 0.15) is 28.0 Å². The minimum atomic E-state index is -2.84. The molecule has 0 spiro atoms. The maximum atomic E-state index is 12.5. The van der Waals surface area contributed by atoms with E-state index in [2.05, 4.69) is 4.98 Å². The van der Waals surface area contributed by atoms with E-state index in [1.807, 2.05) is 0 Å². The van der Waals surface area contributed by atoms with Gasteiger partial charge in [-0.2, -0.15) is 0 Å². The van der Waals surface area contributed by atoms with Crippen LogP contribution in [0.25, 0.3) is 0 Å². The average Bonchev–Trinajstić information content (AvgIpc) is 2.16. The zero-order valence-corrected chi connectivity index (χ0v) is 8.25. The first kappa shape index (κ1) is 11.4. The van der Waals surface area contributed by atoms with E-state index in [1.54, 1.807) is 0 Å². The van der Waals surface area contributed by atoms with Crippen molar-refractivity contribution in [1.29, 1.82) is 0 Å². The highest BCUT2D eigenvalue weighted by molar-refractivity contribution is 5.96. The SMILES string of the molecule is COc1cnc(C(F)F)c(C(N)=O)c1C. The molecular formula is C9H10F2N2O2. The summed E-state index contributed by atoms with van der Waals surface area (Å²) >= 11 is 0. The van der Waals surface area contributed by atoms with Crippen LogP contribution in [-0.4, -0.2) is 18.0 Å². The maximum absolute atomic E-state index is 12.5. The predicted octanol–water partition coefficient (Wildman–Crippen LogP) is 1.44. The van der Waals surface area contributed by atoms with Gasteiger partial charge in [0.05, 0.1) is 18.9 Å². The summed E-state index contributed by atoms with van der Waals surface area (Å²) in [5.74, 6) is -0.678. The van der Waals surface area contributed by atoms with E-state index >= 15 is 0 Å². The first-order chi connectivity index (χ1) is 6.99. The predicted molar refractivity (Wildman–Crippen MR) is 49.0 cm³/mol. The molecule has 82 valence electrons. The normalized spacial score (nSPS) is 10.5. The van der Waals surface area contributed by atoms with Crippen LogP contribution in [-0.2, 0) is 0 Å². The maximum Gasteiger partial charge on any atom is 0.281 e. The summed E-state index contributed by atoms with van der Waals surface area (Å²) in [6, 6.07) is 0. The lowest BCUT2D eigenvalue weighted by atomic mass is 10.1. The fraction of sp³-hybridized carbons (Fsp3) is 0.333. The van der Waals surface area contributed by atoms with Crippen LogP contribution in [0.5, 0.6) is 5.75 Å². The molecule has 0 aliphatic heterocycles. The molecule has 0 aliphatic carbocycles. The number of pyridine rings is 1. The first-order valence-electron chi connectivity index (χ1n) is 4.10. The number of hydrogen-bond donors (Lipinski definition) is 1. The molecule has 0 saturated heterocycles. The van der Waals surface area contributed by atoms with Crippen LogP contribution < -0.4 is 10.5 Å². The molecule has 4 nitrogen and oxygen atoms in total. The fourth-order valence-electron chi connectivity index (χ4n) is 1.29. The van der Waals surface area contributed by atoms with Gasteiger partial charge in [-0.15, -0.1) is 0 Å². The summed E-state index contributed by atoms with van der Waals surface area (Å²) in [5.41, 5.74) is 4.40. The Labute approximate surface area is 85.1 Å². The van der Waals surface area contributed by atoms with Crippen molar-refractivity contribution in [1.82, 2.24) is 4.98 Å². The Bertz CT molecular complexity index is 394. The van der Waals surface area contributed by atoms with Gasteiger partial charge >= 0.3 is 0 Å². The number of aromatic nitrogens is 1. The molecule has 0 saturated carbocycles. The number of hydrogen-bond acceptors (Lipinski definition) is 3. The quantitative estimate of drug-likeness (QED) is 0.831. The highest BCUT2D eigenvalue weighted by atomic mass is 19.3. The Hall–Kier alpha value is -1.72. The topological polar surface area (TPSA) is 65.2 Å². The van der Waals surface area contributed by atoms with Gasteiger partial charge in [0.25, 0.3) is 12.3 Å². The van der Waals surface area contributed by atoms with Gasteiger partial charge in [-0.05, 0) is 6.92 Å². The molecule has 0 fully saturated rings. The number of nitrogens with zero attached hydrogens (tertiary/aromatic N) is 1. The number of rotatable bonds is 3. The van der Waals surface area contributed by atoms with Crippen molar-refractivity contribution in [2.24, 2.45) is 5.73 Å². The highest BCUT2D eigenvalue weighted by Gasteiger charge is 2.22. The molecular weight excluding hydrogens is 206 g/mol. The fourth-order valence-corrected chi connectivity index (χ4v) is 1.29. The molecule has 0 radical (unpaired) electrons. The van der Waals surface area contributed by atoms with Crippen LogP contribution in [0, 0.1) is 6.92 Å². The van der Waals surface area contributed by atoms with Crippen molar-refractivity contribution in [3.63, 3.8) is 0 Å². The van der Waals surface area contributed by atoms with Gasteiger partial charge < -0.3 is 10.5 Å². The third kappa shape index (κ3) is 2.03. The summed E-state index contributed by atoms with van der Waals surface area (Å²) in [6.45, 7) is 1.48. The Morgan fingerprint density at radius 1 is 1.60 bits per heavy atom. The van der Waals surface area contributed by atoms with Gasteiger partial charge in [0, 0.05) is 5.56 Å². The van der Waals surface area contributed by atoms with Crippen molar-refractivity contribution in [3.05, 3.63) is 23.0 Å². The van der Waals surface area contributed by atoms with Crippen LogP contribution in [0.15, 0.2) is 6.20 Å². The van der Waals surface area contributed by atoms with Gasteiger partial charge in [-0.3, -0.25) is 9.78 Å². The molecule has 0 aliphatic rings. The summed E-state index contributed by atoms with van der Waals surface area (Å²) in [5, 5.41) is 0. The van der Waals surface area contributed by atoms with E-state index in [4.69, 9.17) is 10.5 Å². The molecule has 0 bridgehead atoms. The second-order valence-corrected chi connectivity index (χ2v) is 2.88. The number of nitrogens with two attached hydrogens (primary N) is 1. The van der Waals surface area contributed by atoms with Crippen molar-refractivity contribution in [2.45, 2.75) is 13.3 Å². The summed E-state index contributed by atoms with van der Waals surface area (Å²) in [7, 11) is 1.36. The monoisotopic (exact) mass is 216 g/mol. The van der Waals surface area contributed by atoms with Crippen molar-refractivity contribution < 1.29 is 18.3 Å². The largest absolute Gasteiger partial charge is 0.495 e. The van der Waals surface area contributed by atoms with E-state index in [1.165, 1.54) is 14.0 Å². The molecule has 1 aromatic rings. The lowest BCUT2D eigenvalue weighted by molar-refractivity contribution is 0.0981. The molecule has 0 unspecified atom stereocenters. The zero-order chi connectivity index (χ0) is 11.6. The molecule has 6 heteroatoms. The molecule has 1 rings (SSSR count). The summed E-state index contributed by atoms with van der Waals surface area (Å²) in [6.07, 6.45) is -1.69. The van der Waals surface area contributed by atoms with E-state index in [9.17, 15) is 13.6 Å². The highest BCUT2D eigenvalue weighted by Crippen LogP contribution is 2.28. The van der Waals surface area contributed by atoms with Crippen molar-refractivity contribution in [3.8, 4) is 5.75 Å². The number of alkyl halides is 2. The first-order valence-corrected chi connectivity index (χ1v) is 4.10. The van der Waals surface area contributed by atoms with Crippen molar-refractivity contribution in [2.75, 3.05) is 7.11 Å². The molecule has 1 heterocycles. The number of carbonyl (C=O) groups excluding carboxylic acids is 1. The Balaban J connectivity index is 3.44. The third-order valence-corrected chi connectivity index (χ3v) is 1.99. The lowest BCUT2D eigenvalue weighted by Crippen LogP contribution is -2.17. The van der Waals surface area contributed by atoms with Gasteiger partial charge in [-0.25, -0.2) is 8.78 Å². The average molecular weight is 216 g/mol. The van der Waals surface area contributed by atoms with Crippen LogP contribution in [0.2, 0.25) is 0 Å². The van der Waals surface area contributed by atoms with E-state index in [0.29, 0.717) is 0 Å². The van der Waals surface area contributed by atoms with E-state index in [0.717, 1.165) is 6.20 Å². The lowest BCUT2D eigenvalue weighted by Gasteiger charge is -2.11. The molecule has 15 heavy (non-hydrogen) atoms. The number of methoxy groups -OCH3 is 1.